The number of aromatic nitrogens is 5. The van der Waals surface area contributed by atoms with Crippen LogP contribution in [0.4, 0.5) is 0 Å². The van der Waals surface area contributed by atoms with Crippen LogP contribution in [0.2, 0.25) is 0 Å². The Bertz CT molecular complexity index is 1120. The maximum absolute atomic E-state index is 13.0. The van der Waals surface area contributed by atoms with Crippen molar-refractivity contribution in [3.05, 3.63) is 51.1 Å². The number of hydrogen-bond acceptors (Lipinski definition) is 4. The maximum Gasteiger partial charge on any atom is 0.257 e. The van der Waals surface area contributed by atoms with Crippen LogP contribution in [0, 0.1) is 13.8 Å². The van der Waals surface area contributed by atoms with E-state index in [0.717, 1.165) is 34.4 Å². The van der Waals surface area contributed by atoms with Gasteiger partial charge in [0.1, 0.15) is 13.1 Å². The second-order valence-corrected chi connectivity index (χ2v) is 9.64. The van der Waals surface area contributed by atoms with Gasteiger partial charge in [0, 0.05) is 0 Å². The zero-order valence-corrected chi connectivity index (χ0v) is 18.7. The zero-order chi connectivity index (χ0) is 21.4. The van der Waals surface area contributed by atoms with E-state index in [1.54, 1.807) is 0 Å². The number of quaternary nitrogens is 1. The molecule has 2 N–H and O–H groups in total. The summed E-state index contributed by atoms with van der Waals surface area (Å²) in [5.74, 6) is 0.970. The summed E-state index contributed by atoms with van der Waals surface area (Å²) in [6, 6.07) is 7.38. The number of benzene rings is 1. The van der Waals surface area contributed by atoms with E-state index in [0.29, 0.717) is 18.6 Å². The normalized spacial score (nSPS) is 18.9. The molecule has 2 saturated carbocycles. The van der Waals surface area contributed by atoms with Crippen molar-refractivity contribution in [2.24, 2.45) is 0 Å². The molecular formula is C24H33N6O+. The van der Waals surface area contributed by atoms with E-state index < -0.39 is 0 Å². The van der Waals surface area contributed by atoms with Crippen molar-refractivity contribution in [2.45, 2.75) is 90.4 Å². The van der Waals surface area contributed by atoms with Crippen molar-refractivity contribution in [2.75, 3.05) is 0 Å². The smallest absolute Gasteiger partial charge is 0.257 e. The summed E-state index contributed by atoms with van der Waals surface area (Å²) in [6.07, 6.45) is 9.82. The Hall–Kier alpha value is -2.54. The van der Waals surface area contributed by atoms with Crippen LogP contribution in [0.3, 0.4) is 0 Å². The molecule has 0 amide bonds. The van der Waals surface area contributed by atoms with Crippen LogP contribution >= 0.6 is 0 Å². The van der Waals surface area contributed by atoms with Crippen molar-refractivity contribution >= 4 is 10.9 Å². The van der Waals surface area contributed by atoms with E-state index >= 15 is 0 Å². The highest BCUT2D eigenvalue weighted by Gasteiger charge is 2.30. The number of hydrogen-bond donors (Lipinski definition) is 2. The van der Waals surface area contributed by atoms with Crippen LogP contribution in [-0.2, 0) is 13.1 Å². The minimum absolute atomic E-state index is 0.0327. The molecule has 31 heavy (non-hydrogen) atoms. The summed E-state index contributed by atoms with van der Waals surface area (Å²) >= 11 is 0. The number of aromatic amines is 1. The van der Waals surface area contributed by atoms with Gasteiger partial charge in [-0.1, -0.05) is 24.5 Å². The van der Waals surface area contributed by atoms with Crippen LogP contribution in [0.25, 0.3) is 10.9 Å². The van der Waals surface area contributed by atoms with Gasteiger partial charge in [0.05, 0.1) is 23.2 Å². The molecule has 2 aliphatic carbocycles. The van der Waals surface area contributed by atoms with Crippen molar-refractivity contribution in [3.8, 4) is 0 Å². The van der Waals surface area contributed by atoms with E-state index in [-0.39, 0.29) is 5.56 Å². The largest absolute Gasteiger partial charge is 0.322 e. The Morgan fingerprint density at radius 2 is 1.77 bits per heavy atom. The fourth-order valence-corrected chi connectivity index (χ4v) is 5.76. The number of H-pyrrole nitrogens is 1. The van der Waals surface area contributed by atoms with Gasteiger partial charge in [-0.3, -0.25) is 4.79 Å². The van der Waals surface area contributed by atoms with Crippen LogP contribution in [0.15, 0.2) is 23.0 Å². The van der Waals surface area contributed by atoms with Gasteiger partial charge in [-0.2, -0.15) is 0 Å². The molecule has 164 valence electrons. The summed E-state index contributed by atoms with van der Waals surface area (Å²) < 4.78 is 2.07. The summed E-state index contributed by atoms with van der Waals surface area (Å²) in [5, 5.41) is 13.9. The first-order chi connectivity index (χ1) is 15.1. The molecule has 0 saturated heterocycles. The third kappa shape index (κ3) is 4.15. The van der Waals surface area contributed by atoms with Gasteiger partial charge in [0.25, 0.3) is 5.56 Å². The maximum atomic E-state index is 13.0. The van der Waals surface area contributed by atoms with Gasteiger partial charge in [0.2, 0.25) is 5.82 Å². The van der Waals surface area contributed by atoms with Gasteiger partial charge >= 0.3 is 0 Å². The van der Waals surface area contributed by atoms with E-state index in [2.05, 4.69) is 57.2 Å². The third-order valence-corrected chi connectivity index (χ3v) is 7.34. The predicted octanol–water partition coefficient (Wildman–Crippen LogP) is 2.77. The fourth-order valence-electron chi connectivity index (χ4n) is 5.76. The van der Waals surface area contributed by atoms with Crippen LogP contribution in [-0.4, -0.2) is 31.2 Å². The minimum atomic E-state index is 0.0327. The van der Waals surface area contributed by atoms with E-state index in [4.69, 9.17) is 0 Å². The van der Waals surface area contributed by atoms with Crippen molar-refractivity contribution < 1.29 is 4.90 Å². The third-order valence-electron chi connectivity index (χ3n) is 7.34. The van der Waals surface area contributed by atoms with Crippen LogP contribution < -0.4 is 10.5 Å². The summed E-state index contributed by atoms with van der Waals surface area (Å²) in [4.78, 5) is 17.6. The second-order valence-electron chi connectivity index (χ2n) is 9.64. The molecule has 2 aromatic heterocycles. The van der Waals surface area contributed by atoms with Crippen molar-refractivity contribution in [1.29, 1.82) is 0 Å². The molecule has 1 atom stereocenters. The number of nitrogens with zero attached hydrogens (tertiary/aromatic N) is 4. The molecule has 7 nitrogen and oxygen atoms in total. The number of fused-ring (bicyclic) bond motifs is 1. The molecule has 2 fully saturated rings. The fraction of sp³-hybridized carbons (Fsp3) is 0.583. The lowest BCUT2D eigenvalue weighted by Gasteiger charge is -2.25. The Morgan fingerprint density at radius 3 is 2.55 bits per heavy atom. The minimum Gasteiger partial charge on any atom is -0.322 e. The first-order valence-corrected chi connectivity index (χ1v) is 11.8. The van der Waals surface area contributed by atoms with E-state index in [1.165, 1.54) is 61.8 Å². The van der Waals surface area contributed by atoms with E-state index in [1.807, 2.05) is 0 Å². The molecule has 1 aromatic carbocycles. The first kappa shape index (κ1) is 20.4. The van der Waals surface area contributed by atoms with Gasteiger partial charge in [-0.15, -0.1) is 5.10 Å². The lowest BCUT2D eigenvalue weighted by Crippen LogP contribution is -3.13. The standard InChI is InChI=1S/C24H32N6O/c1-16-11-17(2)23-18(12-16)13-19(24(31)25-23)14-29(20-7-3-4-8-20)15-22-26-27-28-30(22)21-9-5-6-10-21/h11-13,20-21H,3-10,14-15H2,1-2H3,(H,25,31)/p+1. The Morgan fingerprint density at radius 1 is 1.03 bits per heavy atom. The SMILES string of the molecule is Cc1cc(C)c2[nH]c(=O)c(C[NH+](Cc3nnnn3C3CCCC3)C3CCCC3)cc2c1. The lowest BCUT2D eigenvalue weighted by atomic mass is 10.0. The first-order valence-electron chi connectivity index (χ1n) is 11.8. The molecule has 0 aliphatic heterocycles. The molecule has 7 heteroatoms. The zero-order valence-electron chi connectivity index (χ0n) is 18.7. The molecule has 2 aliphatic rings. The molecule has 0 radical (unpaired) electrons. The van der Waals surface area contributed by atoms with Crippen LogP contribution in [0.5, 0.6) is 0 Å². The van der Waals surface area contributed by atoms with Crippen molar-refractivity contribution in [3.63, 3.8) is 0 Å². The topological polar surface area (TPSA) is 80.9 Å². The van der Waals surface area contributed by atoms with Gasteiger partial charge in [0.15, 0.2) is 0 Å². The Labute approximate surface area is 182 Å². The van der Waals surface area contributed by atoms with Crippen LogP contribution in [0.1, 0.15) is 79.9 Å². The highest BCUT2D eigenvalue weighted by Crippen LogP contribution is 2.29. The van der Waals surface area contributed by atoms with Gasteiger partial charge in [-0.05, 0) is 85.9 Å². The quantitative estimate of drug-likeness (QED) is 0.641. The number of rotatable bonds is 6. The summed E-state index contributed by atoms with van der Waals surface area (Å²) in [6.45, 7) is 5.65. The second kappa shape index (κ2) is 8.54. The number of tetrazole rings is 1. The molecule has 1 unspecified atom stereocenters. The monoisotopic (exact) mass is 421 g/mol. The summed E-state index contributed by atoms with van der Waals surface area (Å²) in [7, 11) is 0. The Kier molecular flexibility index (Phi) is 5.61. The van der Waals surface area contributed by atoms with Gasteiger partial charge in [-0.25, -0.2) is 4.68 Å². The molecule has 0 spiro atoms. The average Bonchev–Trinajstić information content (AvgIpc) is 3.51. The Balaban J connectivity index is 1.46. The number of aryl methyl sites for hydroxylation is 2. The summed E-state index contributed by atoms with van der Waals surface area (Å²) in [5.41, 5.74) is 4.18. The molecule has 0 bridgehead atoms. The average molecular weight is 422 g/mol. The highest BCUT2D eigenvalue weighted by molar-refractivity contribution is 5.82. The van der Waals surface area contributed by atoms with Crippen molar-refractivity contribution in [1.82, 2.24) is 25.2 Å². The van der Waals surface area contributed by atoms with Gasteiger partial charge < -0.3 is 9.88 Å². The molecule has 5 rings (SSSR count). The predicted molar refractivity (Wildman–Crippen MR) is 120 cm³/mol. The number of pyridine rings is 1. The lowest BCUT2D eigenvalue weighted by molar-refractivity contribution is -0.952. The highest BCUT2D eigenvalue weighted by atomic mass is 16.1. The molecule has 2 heterocycles. The molecular weight excluding hydrogens is 388 g/mol. The number of nitrogens with one attached hydrogen (secondary N) is 2. The van der Waals surface area contributed by atoms with E-state index in [9.17, 15) is 4.79 Å². The molecule has 3 aromatic rings.